The first kappa shape index (κ1) is 17.1. The van der Waals surface area contributed by atoms with Crippen LogP contribution in [0.5, 0.6) is 0 Å². The summed E-state index contributed by atoms with van der Waals surface area (Å²) < 4.78 is 27.6. The highest BCUT2D eigenvalue weighted by Crippen LogP contribution is 2.33. The van der Waals surface area contributed by atoms with Crippen LogP contribution in [0.2, 0.25) is 0 Å². The van der Waals surface area contributed by atoms with Crippen molar-refractivity contribution in [2.24, 2.45) is 5.41 Å². The minimum absolute atomic E-state index is 0.273. The van der Waals surface area contributed by atoms with E-state index in [1.807, 2.05) is 6.07 Å². The first-order chi connectivity index (χ1) is 8.96. The van der Waals surface area contributed by atoms with Crippen LogP contribution >= 0.6 is 10.7 Å². The van der Waals surface area contributed by atoms with Crippen molar-refractivity contribution < 1.29 is 17.9 Å². The summed E-state index contributed by atoms with van der Waals surface area (Å²) in [5.41, 5.74) is -1.60. The van der Waals surface area contributed by atoms with E-state index in [1.54, 1.807) is 20.8 Å². The number of ether oxygens (including phenoxy) is 1. The topological polar surface area (TPSA) is 87.5 Å². The average molecular weight is 323 g/mol. The normalized spacial score (nSPS) is 19.2. The third-order valence-corrected chi connectivity index (χ3v) is 4.28. The maximum absolute atomic E-state index is 11.9. The van der Waals surface area contributed by atoms with Crippen LogP contribution < -0.4 is 0 Å². The van der Waals surface area contributed by atoms with Gasteiger partial charge in [-0.05, 0) is 33.6 Å². The second-order valence-electron chi connectivity index (χ2n) is 6.04. The Morgan fingerprint density at radius 2 is 1.90 bits per heavy atom. The molecule has 6 nitrogen and oxygen atoms in total. The molecule has 0 atom stereocenters. The van der Waals surface area contributed by atoms with Crippen LogP contribution in [-0.2, 0) is 13.8 Å². The first-order valence-electron chi connectivity index (χ1n) is 6.28. The van der Waals surface area contributed by atoms with Crippen LogP contribution in [0.1, 0.15) is 33.6 Å². The fourth-order valence-corrected chi connectivity index (χ4v) is 3.70. The predicted molar refractivity (Wildman–Crippen MR) is 74.7 cm³/mol. The van der Waals surface area contributed by atoms with Crippen LogP contribution in [-0.4, -0.2) is 43.9 Å². The lowest BCUT2D eigenvalue weighted by Gasteiger charge is -2.37. The quantitative estimate of drug-likeness (QED) is 0.726. The number of halogens is 1. The van der Waals surface area contributed by atoms with E-state index in [4.69, 9.17) is 15.4 Å². The van der Waals surface area contributed by atoms with Gasteiger partial charge in [0.2, 0.25) is 9.05 Å². The number of hydrogen-bond acceptors (Lipinski definition) is 5. The van der Waals surface area contributed by atoms with Gasteiger partial charge in [-0.25, -0.2) is 13.2 Å². The number of carbonyl (C=O) groups excluding carboxylic acids is 1. The molecule has 0 unspecified atom stereocenters. The summed E-state index contributed by atoms with van der Waals surface area (Å²) in [6, 6.07) is 2.04. The first-order valence-corrected chi connectivity index (χ1v) is 8.76. The molecule has 1 aliphatic rings. The molecule has 1 fully saturated rings. The molecule has 0 aromatic rings. The number of rotatable bonds is 2. The second-order valence-corrected chi connectivity index (χ2v) is 8.82. The monoisotopic (exact) mass is 322 g/mol. The molecule has 0 aliphatic carbocycles. The van der Waals surface area contributed by atoms with E-state index in [1.165, 1.54) is 4.90 Å². The van der Waals surface area contributed by atoms with Crippen molar-refractivity contribution in [3.8, 4) is 6.07 Å². The minimum Gasteiger partial charge on any atom is -0.444 e. The number of likely N-dealkylation sites (tertiary alicyclic amines) is 1. The Morgan fingerprint density at radius 3 is 2.25 bits per heavy atom. The Labute approximate surface area is 124 Å². The molecule has 1 rings (SSSR count). The van der Waals surface area contributed by atoms with Crippen LogP contribution in [0.4, 0.5) is 4.79 Å². The van der Waals surface area contributed by atoms with Crippen molar-refractivity contribution >= 4 is 25.8 Å². The second kappa shape index (κ2) is 5.78. The van der Waals surface area contributed by atoms with Gasteiger partial charge < -0.3 is 9.64 Å². The van der Waals surface area contributed by atoms with Gasteiger partial charge in [0.1, 0.15) is 5.60 Å². The van der Waals surface area contributed by atoms with Gasteiger partial charge in [-0.3, -0.25) is 0 Å². The molecule has 0 aromatic heterocycles. The zero-order valence-electron chi connectivity index (χ0n) is 11.8. The molecule has 114 valence electrons. The van der Waals surface area contributed by atoms with Gasteiger partial charge in [-0.1, -0.05) is 0 Å². The molecule has 0 radical (unpaired) electrons. The molecule has 0 bridgehead atoms. The van der Waals surface area contributed by atoms with Crippen LogP contribution in [0, 0.1) is 16.7 Å². The highest BCUT2D eigenvalue weighted by molar-refractivity contribution is 8.13. The molecule has 1 amide bonds. The fraction of sp³-hybridized carbons (Fsp3) is 0.833. The largest absolute Gasteiger partial charge is 0.444 e. The summed E-state index contributed by atoms with van der Waals surface area (Å²) in [6.07, 6.45) is 0.0985. The lowest BCUT2D eigenvalue weighted by molar-refractivity contribution is 0.0161. The highest BCUT2D eigenvalue weighted by Gasteiger charge is 2.40. The average Bonchev–Trinajstić information content (AvgIpc) is 2.25. The van der Waals surface area contributed by atoms with Gasteiger partial charge in [-0.15, -0.1) is 0 Å². The lowest BCUT2D eigenvalue weighted by Crippen LogP contribution is -2.46. The Kier molecular flexibility index (Phi) is 4.93. The van der Waals surface area contributed by atoms with Gasteiger partial charge in [0.05, 0.1) is 17.2 Å². The van der Waals surface area contributed by atoms with Crippen molar-refractivity contribution in [2.45, 2.75) is 39.2 Å². The molecule has 0 saturated carbocycles. The predicted octanol–water partition coefficient (Wildman–Crippen LogP) is 2.10. The maximum Gasteiger partial charge on any atom is 0.410 e. The van der Waals surface area contributed by atoms with Gasteiger partial charge >= 0.3 is 6.09 Å². The lowest BCUT2D eigenvalue weighted by atomic mass is 9.82. The Hall–Kier alpha value is -1.00. The van der Waals surface area contributed by atoms with Crippen molar-refractivity contribution in [3.05, 3.63) is 0 Å². The minimum atomic E-state index is -3.75. The van der Waals surface area contributed by atoms with E-state index >= 15 is 0 Å². The van der Waals surface area contributed by atoms with Gasteiger partial charge in [0.15, 0.2) is 0 Å². The number of hydrogen-bond donors (Lipinski definition) is 0. The van der Waals surface area contributed by atoms with E-state index in [-0.39, 0.29) is 31.7 Å². The van der Waals surface area contributed by atoms with E-state index in [2.05, 4.69) is 0 Å². The zero-order valence-corrected chi connectivity index (χ0v) is 13.4. The zero-order chi connectivity index (χ0) is 15.6. The van der Waals surface area contributed by atoms with Crippen molar-refractivity contribution in [1.29, 1.82) is 5.26 Å². The Morgan fingerprint density at radius 1 is 1.40 bits per heavy atom. The summed E-state index contributed by atoms with van der Waals surface area (Å²) in [6.45, 7) is 5.89. The van der Waals surface area contributed by atoms with E-state index in [0.29, 0.717) is 0 Å². The highest BCUT2D eigenvalue weighted by atomic mass is 35.7. The number of piperidine rings is 1. The van der Waals surface area contributed by atoms with Gasteiger partial charge in [0, 0.05) is 23.8 Å². The van der Waals surface area contributed by atoms with Crippen LogP contribution in [0.3, 0.4) is 0 Å². The van der Waals surface area contributed by atoms with Crippen molar-refractivity contribution in [3.63, 3.8) is 0 Å². The molecule has 8 heteroatoms. The molecule has 20 heavy (non-hydrogen) atoms. The molecule has 1 saturated heterocycles. The Balaban J connectivity index is 2.67. The summed E-state index contributed by atoms with van der Waals surface area (Å²) >= 11 is 0. The van der Waals surface area contributed by atoms with Crippen LogP contribution in [0.25, 0.3) is 0 Å². The summed E-state index contributed by atoms with van der Waals surface area (Å²) in [7, 11) is 1.49. The number of nitrogens with zero attached hydrogens (tertiary/aromatic N) is 2. The third kappa shape index (κ3) is 5.17. The number of nitriles is 1. The number of carbonyl (C=O) groups is 1. The third-order valence-electron chi connectivity index (χ3n) is 3.06. The smallest absolute Gasteiger partial charge is 0.410 e. The fourth-order valence-electron chi connectivity index (χ4n) is 2.06. The molecule has 0 aromatic carbocycles. The van der Waals surface area contributed by atoms with Gasteiger partial charge in [-0.2, -0.15) is 5.26 Å². The molecule has 0 spiro atoms. The summed E-state index contributed by atoms with van der Waals surface area (Å²) in [4.78, 5) is 13.4. The summed E-state index contributed by atoms with van der Waals surface area (Å²) in [5, 5.41) is 9.21. The molecule has 0 N–H and O–H groups in total. The van der Waals surface area contributed by atoms with Gasteiger partial charge in [0.25, 0.3) is 0 Å². The SMILES string of the molecule is CC(C)(C)OC(=O)N1CCC(C#N)(CS(=O)(=O)Cl)CC1. The van der Waals surface area contributed by atoms with Crippen molar-refractivity contribution in [2.75, 3.05) is 18.8 Å². The van der Waals surface area contributed by atoms with E-state index < -0.39 is 26.2 Å². The van der Waals surface area contributed by atoms with E-state index in [0.717, 1.165) is 0 Å². The molecular weight excluding hydrogens is 304 g/mol. The Bertz CT molecular complexity index is 511. The van der Waals surface area contributed by atoms with Crippen LogP contribution in [0.15, 0.2) is 0 Å². The molecular formula is C12H19ClN2O4S. The van der Waals surface area contributed by atoms with Crippen molar-refractivity contribution in [1.82, 2.24) is 4.90 Å². The maximum atomic E-state index is 11.9. The standard InChI is InChI=1S/C12H19ClN2O4S/c1-11(2,3)19-10(16)15-6-4-12(8-14,5-7-15)9-20(13,17)18/h4-7,9H2,1-3H3. The molecule has 1 aliphatic heterocycles. The summed E-state index contributed by atoms with van der Waals surface area (Å²) in [5.74, 6) is -0.389. The van der Waals surface area contributed by atoms with E-state index in [9.17, 15) is 18.5 Å². The molecule has 1 heterocycles. The number of amides is 1.